The molecule has 1 aromatic rings. The summed E-state index contributed by atoms with van der Waals surface area (Å²) >= 11 is 1.70. The number of halogens is 1. The first kappa shape index (κ1) is 11.9. The van der Waals surface area contributed by atoms with Crippen molar-refractivity contribution < 1.29 is 4.39 Å². The molecule has 1 aliphatic carbocycles. The lowest BCUT2D eigenvalue weighted by molar-refractivity contribution is 0.381. The van der Waals surface area contributed by atoms with Gasteiger partial charge in [0.15, 0.2) is 0 Å². The van der Waals surface area contributed by atoms with E-state index in [1.54, 1.807) is 11.9 Å². The third-order valence-electron chi connectivity index (χ3n) is 2.69. The molecule has 0 spiro atoms. The Bertz CT molecular complexity index is 321. The van der Waals surface area contributed by atoms with E-state index in [4.69, 9.17) is 0 Å². The predicted molar refractivity (Wildman–Crippen MR) is 67.3 cm³/mol. The van der Waals surface area contributed by atoms with Crippen molar-refractivity contribution in [3.05, 3.63) is 29.8 Å². The lowest BCUT2D eigenvalue weighted by Gasteiger charge is -2.07. The van der Waals surface area contributed by atoms with Crippen LogP contribution < -0.4 is 4.72 Å². The van der Waals surface area contributed by atoms with Crippen molar-refractivity contribution in [1.29, 1.82) is 0 Å². The molecule has 0 bridgehead atoms. The van der Waals surface area contributed by atoms with Gasteiger partial charge in [-0.3, -0.25) is 9.11 Å². The fraction of sp³-hybridized carbons (Fsp3) is 0.538. The van der Waals surface area contributed by atoms with Crippen LogP contribution in [0.3, 0.4) is 0 Å². The van der Waals surface area contributed by atoms with Crippen molar-refractivity contribution in [2.45, 2.75) is 37.1 Å². The van der Waals surface area contributed by atoms with Crippen LogP contribution in [-0.4, -0.2) is 12.7 Å². The Morgan fingerprint density at radius 2 is 2.06 bits per heavy atom. The van der Waals surface area contributed by atoms with Gasteiger partial charge in [0, 0.05) is 10.9 Å². The van der Waals surface area contributed by atoms with Gasteiger partial charge < -0.3 is 0 Å². The minimum Gasteiger partial charge on any atom is -0.257 e. The van der Waals surface area contributed by atoms with E-state index in [-0.39, 0.29) is 12.6 Å². The Hall–Kier alpha value is -0.540. The molecule has 0 aliphatic heterocycles. The van der Waals surface area contributed by atoms with Gasteiger partial charge in [-0.25, -0.2) is 0 Å². The average molecular weight is 239 g/mol. The number of hydrogen-bond donors (Lipinski definition) is 1. The lowest BCUT2D eigenvalue weighted by Crippen LogP contribution is -2.05. The number of rotatable bonds is 6. The van der Waals surface area contributed by atoms with Gasteiger partial charge in [-0.05, 0) is 54.8 Å². The minimum absolute atomic E-state index is 0.128. The molecular formula is C13H18FNS. The average Bonchev–Trinajstić information content (AvgIpc) is 3.12. The second kappa shape index (κ2) is 5.69. The SMILES string of the molecule is C[C@H](CF)Cc1ccc(SNC2CC2)cc1. The van der Waals surface area contributed by atoms with E-state index in [1.807, 2.05) is 6.92 Å². The van der Waals surface area contributed by atoms with Crippen LogP contribution in [0.2, 0.25) is 0 Å². The van der Waals surface area contributed by atoms with Gasteiger partial charge in [-0.15, -0.1) is 0 Å². The Labute approximate surface area is 101 Å². The highest BCUT2D eigenvalue weighted by molar-refractivity contribution is 7.97. The predicted octanol–water partition coefficient (Wildman–Crippen LogP) is 3.59. The zero-order valence-corrected chi connectivity index (χ0v) is 10.4. The van der Waals surface area contributed by atoms with E-state index >= 15 is 0 Å². The quantitative estimate of drug-likeness (QED) is 0.761. The van der Waals surface area contributed by atoms with Crippen molar-refractivity contribution >= 4 is 11.9 Å². The molecule has 1 aromatic carbocycles. The fourth-order valence-electron chi connectivity index (χ4n) is 1.50. The first-order valence-electron chi connectivity index (χ1n) is 5.85. The maximum Gasteiger partial charge on any atom is 0.0923 e. The third kappa shape index (κ3) is 3.80. The van der Waals surface area contributed by atoms with E-state index in [1.165, 1.54) is 23.3 Å². The van der Waals surface area contributed by atoms with Gasteiger partial charge in [-0.2, -0.15) is 0 Å². The second-order valence-electron chi connectivity index (χ2n) is 4.60. The molecule has 0 heterocycles. The zero-order valence-electron chi connectivity index (χ0n) is 9.58. The monoisotopic (exact) mass is 239 g/mol. The van der Waals surface area contributed by atoms with Crippen molar-refractivity contribution in [1.82, 2.24) is 4.72 Å². The van der Waals surface area contributed by atoms with Gasteiger partial charge >= 0.3 is 0 Å². The molecule has 0 saturated heterocycles. The Balaban J connectivity index is 1.82. The molecule has 2 rings (SSSR count). The van der Waals surface area contributed by atoms with E-state index in [0.717, 1.165) is 12.5 Å². The van der Waals surface area contributed by atoms with E-state index < -0.39 is 0 Å². The lowest BCUT2D eigenvalue weighted by atomic mass is 10.0. The molecule has 0 unspecified atom stereocenters. The maximum atomic E-state index is 12.4. The van der Waals surface area contributed by atoms with Crippen LogP contribution in [0.15, 0.2) is 29.2 Å². The minimum atomic E-state index is -0.236. The normalized spacial score (nSPS) is 17.4. The Kier molecular flexibility index (Phi) is 4.24. The van der Waals surface area contributed by atoms with Crippen LogP contribution in [0.1, 0.15) is 25.3 Å². The first-order valence-corrected chi connectivity index (χ1v) is 6.67. The fourth-order valence-corrected chi connectivity index (χ4v) is 2.31. The van der Waals surface area contributed by atoms with Crippen molar-refractivity contribution in [3.63, 3.8) is 0 Å². The summed E-state index contributed by atoms with van der Waals surface area (Å²) in [5.41, 5.74) is 1.22. The molecule has 1 saturated carbocycles. The van der Waals surface area contributed by atoms with E-state index in [9.17, 15) is 4.39 Å². The molecule has 88 valence electrons. The maximum absolute atomic E-state index is 12.4. The number of hydrogen-bond acceptors (Lipinski definition) is 2. The number of nitrogens with one attached hydrogen (secondary N) is 1. The summed E-state index contributed by atoms with van der Waals surface area (Å²) < 4.78 is 15.8. The second-order valence-corrected chi connectivity index (χ2v) is 5.51. The van der Waals surface area contributed by atoms with E-state index in [2.05, 4.69) is 29.0 Å². The largest absolute Gasteiger partial charge is 0.257 e. The van der Waals surface area contributed by atoms with Gasteiger partial charge in [0.05, 0.1) is 6.67 Å². The molecule has 1 aliphatic rings. The van der Waals surface area contributed by atoms with Crippen LogP contribution in [0.5, 0.6) is 0 Å². The summed E-state index contributed by atoms with van der Waals surface area (Å²) in [6, 6.07) is 9.14. The van der Waals surface area contributed by atoms with Crippen LogP contribution in [0.25, 0.3) is 0 Å². The van der Waals surface area contributed by atoms with Crippen molar-refractivity contribution in [2.75, 3.05) is 6.67 Å². The molecule has 1 fully saturated rings. The molecule has 1 N–H and O–H groups in total. The molecule has 3 heteroatoms. The summed E-state index contributed by atoms with van der Waals surface area (Å²) in [7, 11) is 0. The smallest absolute Gasteiger partial charge is 0.0923 e. The van der Waals surface area contributed by atoms with Crippen LogP contribution in [-0.2, 0) is 6.42 Å². The number of alkyl halides is 1. The van der Waals surface area contributed by atoms with Crippen LogP contribution in [0.4, 0.5) is 4.39 Å². The summed E-state index contributed by atoms with van der Waals surface area (Å²) in [4.78, 5) is 1.24. The van der Waals surface area contributed by atoms with Gasteiger partial charge in [0.2, 0.25) is 0 Å². The summed E-state index contributed by atoms with van der Waals surface area (Å²) in [6.45, 7) is 1.71. The highest BCUT2D eigenvalue weighted by atomic mass is 32.2. The molecule has 16 heavy (non-hydrogen) atoms. The summed E-state index contributed by atoms with van der Waals surface area (Å²) in [5, 5.41) is 0. The highest BCUT2D eigenvalue weighted by Gasteiger charge is 2.20. The van der Waals surface area contributed by atoms with Gasteiger partial charge in [0.1, 0.15) is 0 Å². The molecule has 0 aromatic heterocycles. The topological polar surface area (TPSA) is 12.0 Å². The van der Waals surface area contributed by atoms with Gasteiger partial charge in [0.25, 0.3) is 0 Å². The Morgan fingerprint density at radius 3 is 2.62 bits per heavy atom. The molecular weight excluding hydrogens is 221 g/mol. The van der Waals surface area contributed by atoms with Crippen molar-refractivity contribution in [3.8, 4) is 0 Å². The van der Waals surface area contributed by atoms with E-state index in [0.29, 0.717) is 0 Å². The zero-order chi connectivity index (χ0) is 11.4. The third-order valence-corrected chi connectivity index (χ3v) is 3.65. The van der Waals surface area contributed by atoms with Crippen LogP contribution >= 0.6 is 11.9 Å². The Morgan fingerprint density at radius 1 is 1.38 bits per heavy atom. The molecule has 1 atom stereocenters. The van der Waals surface area contributed by atoms with Gasteiger partial charge in [-0.1, -0.05) is 19.1 Å². The summed E-state index contributed by atoms with van der Waals surface area (Å²) in [5.74, 6) is 0.128. The standard InChI is InChI=1S/C13H18FNS/c1-10(9-14)8-11-2-6-13(7-3-11)16-15-12-4-5-12/h2-3,6-7,10,12,15H,4-5,8-9H2,1H3/t10-/m0/s1. The number of benzene rings is 1. The summed E-state index contributed by atoms with van der Waals surface area (Å²) in [6.07, 6.45) is 3.44. The molecule has 0 radical (unpaired) electrons. The van der Waals surface area contributed by atoms with Crippen LogP contribution in [0, 0.1) is 5.92 Å². The highest BCUT2D eigenvalue weighted by Crippen LogP contribution is 2.25. The first-order chi connectivity index (χ1) is 7.78. The van der Waals surface area contributed by atoms with Crippen molar-refractivity contribution in [2.24, 2.45) is 5.92 Å². The molecule has 1 nitrogen and oxygen atoms in total. The molecule has 0 amide bonds.